The maximum absolute atomic E-state index is 12.5. The van der Waals surface area contributed by atoms with Gasteiger partial charge in [0.25, 0.3) is 5.69 Å². The number of benzene rings is 1. The minimum atomic E-state index is -0.739. The van der Waals surface area contributed by atoms with Crippen LogP contribution in [-0.2, 0) is 9.47 Å². The Kier molecular flexibility index (Phi) is 12.5. The maximum Gasteiger partial charge on any atom is 0.339 e. The summed E-state index contributed by atoms with van der Waals surface area (Å²) in [6, 6.07) is 3.54. The van der Waals surface area contributed by atoms with Crippen molar-refractivity contribution >= 4 is 17.6 Å². The van der Waals surface area contributed by atoms with E-state index < -0.39 is 16.9 Å². The highest BCUT2D eigenvalue weighted by Gasteiger charge is 2.23. The van der Waals surface area contributed by atoms with Crippen molar-refractivity contribution < 1.29 is 24.0 Å². The minimum absolute atomic E-state index is 0.00223. The number of nitro groups is 1. The van der Waals surface area contributed by atoms with Gasteiger partial charge in [-0.1, -0.05) is 66.2 Å². The van der Waals surface area contributed by atoms with E-state index in [-0.39, 0.29) is 30.0 Å². The summed E-state index contributed by atoms with van der Waals surface area (Å²) in [5.41, 5.74) is -0.395. The van der Waals surface area contributed by atoms with Crippen LogP contribution in [0, 0.1) is 22.0 Å². The van der Waals surface area contributed by atoms with Gasteiger partial charge in [0.05, 0.1) is 29.3 Å². The topological polar surface area (TPSA) is 95.7 Å². The number of nitrogens with zero attached hydrogens (tertiary/aromatic N) is 1. The van der Waals surface area contributed by atoms with Crippen LogP contribution in [0.25, 0.3) is 0 Å². The quantitative estimate of drug-likeness (QED) is 0.138. The van der Waals surface area contributed by atoms with Crippen molar-refractivity contribution in [2.24, 2.45) is 11.8 Å². The summed E-state index contributed by atoms with van der Waals surface area (Å²) in [6.45, 7) is 9.12. The highest BCUT2D eigenvalue weighted by Crippen LogP contribution is 2.20. The molecule has 0 spiro atoms. The summed E-state index contributed by atoms with van der Waals surface area (Å²) in [5, 5.41) is 11.1. The first-order valence-electron chi connectivity index (χ1n) is 11.3. The van der Waals surface area contributed by atoms with Crippen LogP contribution in [0.5, 0.6) is 0 Å². The van der Waals surface area contributed by atoms with Gasteiger partial charge in [-0.05, 0) is 30.7 Å². The molecule has 0 heterocycles. The van der Waals surface area contributed by atoms with Gasteiger partial charge in [0.1, 0.15) is 0 Å². The van der Waals surface area contributed by atoms with Crippen molar-refractivity contribution in [3.63, 3.8) is 0 Å². The smallest absolute Gasteiger partial charge is 0.339 e. The van der Waals surface area contributed by atoms with Crippen LogP contribution >= 0.6 is 0 Å². The molecule has 1 rings (SSSR count). The van der Waals surface area contributed by atoms with Crippen LogP contribution in [0.1, 0.15) is 99.8 Å². The Labute approximate surface area is 185 Å². The van der Waals surface area contributed by atoms with Crippen molar-refractivity contribution in [3.8, 4) is 0 Å². The zero-order valence-electron chi connectivity index (χ0n) is 19.4. The third kappa shape index (κ3) is 10.9. The lowest BCUT2D eigenvalue weighted by molar-refractivity contribution is -0.384. The molecule has 0 aromatic heterocycles. The van der Waals surface area contributed by atoms with Crippen LogP contribution < -0.4 is 0 Å². The van der Waals surface area contributed by atoms with Crippen LogP contribution in [0.4, 0.5) is 5.69 Å². The summed E-state index contributed by atoms with van der Waals surface area (Å²) in [4.78, 5) is 35.5. The first kappa shape index (κ1) is 26.6. The molecule has 1 aromatic rings. The highest BCUT2D eigenvalue weighted by atomic mass is 16.6. The lowest BCUT2D eigenvalue weighted by Gasteiger charge is -2.10. The Balaban J connectivity index is 2.65. The second kappa shape index (κ2) is 14.5. The molecule has 0 aliphatic rings. The van der Waals surface area contributed by atoms with E-state index in [1.165, 1.54) is 12.1 Å². The fourth-order valence-electron chi connectivity index (χ4n) is 3.14. The van der Waals surface area contributed by atoms with E-state index in [1.54, 1.807) is 0 Å². The summed E-state index contributed by atoms with van der Waals surface area (Å²) in [5.74, 6) is -0.123. The first-order chi connectivity index (χ1) is 14.7. The average Bonchev–Trinajstić information content (AvgIpc) is 2.71. The van der Waals surface area contributed by atoms with Crippen molar-refractivity contribution in [1.82, 2.24) is 0 Å². The predicted molar refractivity (Wildman–Crippen MR) is 120 cm³/mol. The molecule has 0 saturated heterocycles. The number of hydrogen-bond acceptors (Lipinski definition) is 6. The Bertz CT molecular complexity index is 714. The maximum atomic E-state index is 12.5. The Hall–Kier alpha value is -2.44. The molecule has 0 saturated carbocycles. The van der Waals surface area contributed by atoms with E-state index in [0.717, 1.165) is 51.0 Å². The first-order valence-corrected chi connectivity index (χ1v) is 11.3. The van der Waals surface area contributed by atoms with Crippen molar-refractivity contribution in [2.75, 3.05) is 13.2 Å². The van der Waals surface area contributed by atoms with E-state index in [1.807, 2.05) is 0 Å². The second-order valence-corrected chi connectivity index (χ2v) is 8.75. The molecule has 174 valence electrons. The SMILES string of the molecule is CC(C)CCCCCOC(=O)c1ccc([N+](=O)[O-])cc1C(=O)OCCCCCC(C)C. The molecule has 0 unspecified atom stereocenters. The Morgan fingerprint density at radius 2 is 1.29 bits per heavy atom. The van der Waals surface area contributed by atoms with E-state index in [4.69, 9.17) is 9.47 Å². The zero-order valence-corrected chi connectivity index (χ0v) is 19.4. The molecule has 0 bridgehead atoms. The van der Waals surface area contributed by atoms with Gasteiger partial charge in [0, 0.05) is 12.1 Å². The lowest BCUT2D eigenvalue weighted by atomic mass is 10.1. The molecule has 0 radical (unpaired) electrons. The average molecular weight is 436 g/mol. The van der Waals surface area contributed by atoms with E-state index in [9.17, 15) is 19.7 Å². The van der Waals surface area contributed by atoms with Crippen molar-refractivity contribution in [3.05, 3.63) is 39.4 Å². The van der Waals surface area contributed by atoms with Gasteiger partial charge in [-0.25, -0.2) is 9.59 Å². The molecule has 7 nitrogen and oxygen atoms in total. The van der Waals surface area contributed by atoms with Gasteiger partial charge >= 0.3 is 11.9 Å². The van der Waals surface area contributed by atoms with Crippen LogP contribution in [0.15, 0.2) is 18.2 Å². The van der Waals surface area contributed by atoms with E-state index >= 15 is 0 Å². The number of carbonyl (C=O) groups is 2. The number of non-ortho nitro benzene ring substituents is 1. The van der Waals surface area contributed by atoms with Crippen LogP contribution in [0.3, 0.4) is 0 Å². The molecule has 0 atom stereocenters. The molecule has 0 fully saturated rings. The standard InChI is InChI=1S/C24H37NO6/c1-18(2)11-7-5-9-15-30-23(26)21-14-13-20(25(28)29)17-22(21)24(27)31-16-10-6-8-12-19(3)4/h13-14,17-19H,5-12,15-16H2,1-4H3. The largest absolute Gasteiger partial charge is 0.462 e. The molecule has 0 aliphatic carbocycles. The number of esters is 2. The molecule has 0 aliphatic heterocycles. The fraction of sp³-hybridized carbons (Fsp3) is 0.667. The molecular weight excluding hydrogens is 398 g/mol. The Morgan fingerprint density at radius 3 is 1.74 bits per heavy atom. The Morgan fingerprint density at radius 1 is 0.806 bits per heavy atom. The molecule has 0 amide bonds. The third-order valence-corrected chi connectivity index (χ3v) is 4.97. The number of carbonyl (C=O) groups excluding carboxylic acids is 2. The predicted octanol–water partition coefficient (Wildman–Crippen LogP) is 6.34. The lowest BCUT2D eigenvalue weighted by Crippen LogP contribution is -2.15. The molecular formula is C24H37NO6. The van der Waals surface area contributed by atoms with E-state index in [0.29, 0.717) is 18.3 Å². The minimum Gasteiger partial charge on any atom is -0.462 e. The van der Waals surface area contributed by atoms with Gasteiger partial charge < -0.3 is 9.47 Å². The molecule has 1 aromatic carbocycles. The number of hydrogen-bond donors (Lipinski definition) is 0. The summed E-state index contributed by atoms with van der Waals surface area (Å²) >= 11 is 0. The molecule has 7 heteroatoms. The summed E-state index contributed by atoms with van der Waals surface area (Å²) < 4.78 is 10.6. The van der Waals surface area contributed by atoms with Gasteiger partial charge in [-0.15, -0.1) is 0 Å². The van der Waals surface area contributed by atoms with Crippen LogP contribution in [0.2, 0.25) is 0 Å². The van der Waals surface area contributed by atoms with Crippen molar-refractivity contribution in [1.29, 1.82) is 0 Å². The molecule has 31 heavy (non-hydrogen) atoms. The second-order valence-electron chi connectivity index (χ2n) is 8.75. The number of rotatable bonds is 15. The normalized spacial score (nSPS) is 11.0. The summed E-state index contributed by atoms with van der Waals surface area (Å²) in [7, 11) is 0. The fourth-order valence-corrected chi connectivity index (χ4v) is 3.14. The molecule has 0 N–H and O–H groups in total. The number of nitro benzene ring substituents is 1. The van der Waals surface area contributed by atoms with Gasteiger partial charge in [-0.2, -0.15) is 0 Å². The number of ether oxygens (including phenoxy) is 2. The number of unbranched alkanes of at least 4 members (excludes halogenated alkanes) is 4. The zero-order chi connectivity index (χ0) is 23.2. The summed E-state index contributed by atoms with van der Waals surface area (Å²) in [6.07, 6.45) is 7.72. The highest BCUT2D eigenvalue weighted by molar-refractivity contribution is 6.03. The van der Waals surface area contributed by atoms with E-state index in [2.05, 4.69) is 27.7 Å². The van der Waals surface area contributed by atoms with Crippen molar-refractivity contribution in [2.45, 2.75) is 79.1 Å². The van der Waals surface area contributed by atoms with Gasteiger partial charge in [-0.3, -0.25) is 10.1 Å². The van der Waals surface area contributed by atoms with Crippen LogP contribution in [-0.4, -0.2) is 30.1 Å². The van der Waals surface area contributed by atoms with Gasteiger partial charge in [0.2, 0.25) is 0 Å². The van der Waals surface area contributed by atoms with Gasteiger partial charge in [0.15, 0.2) is 0 Å². The monoisotopic (exact) mass is 435 g/mol. The third-order valence-electron chi connectivity index (χ3n) is 4.97.